The molecule has 0 aliphatic carbocycles. The summed E-state index contributed by atoms with van der Waals surface area (Å²) < 4.78 is 1.77. The molecule has 9 heteroatoms. The van der Waals surface area contributed by atoms with Crippen molar-refractivity contribution in [2.45, 2.75) is 77.3 Å². The summed E-state index contributed by atoms with van der Waals surface area (Å²) in [4.78, 5) is 44.2. The fourth-order valence-electron chi connectivity index (χ4n) is 7.36. The molecular formula is C39H42N6O3. The molecule has 2 unspecified atom stereocenters. The lowest BCUT2D eigenvalue weighted by molar-refractivity contribution is 0.0526. The van der Waals surface area contributed by atoms with Crippen molar-refractivity contribution in [1.82, 2.24) is 19.7 Å². The Kier molecular flexibility index (Phi) is 8.15. The minimum Gasteiger partial charge on any atom is -0.333 e. The lowest BCUT2D eigenvalue weighted by Crippen LogP contribution is -2.47. The first-order valence-corrected chi connectivity index (χ1v) is 16.8. The predicted molar refractivity (Wildman–Crippen MR) is 190 cm³/mol. The van der Waals surface area contributed by atoms with Crippen molar-refractivity contribution < 1.29 is 9.59 Å². The molecule has 4 heterocycles. The van der Waals surface area contributed by atoms with Crippen LogP contribution in [0.1, 0.15) is 73.6 Å². The number of aryl methyl sites for hydroxylation is 1. The molecule has 2 fully saturated rings. The molecule has 2 aromatic heterocycles. The number of H-pyrrole nitrogens is 1. The van der Waals surface area contributed by atoms with E-state index in [2.05, 4.69) is 53.4 Å². The lowest BCUT2D eigenvalue weighted by atomic mass is 9.85. The maximum Gasteiger partial charge on any atom is 0.324 e. The Morgan fingerprint density at radius 3 is 2.27 bits per heavy atom. The second-order valence-electron chi connectivity index (χ2n) is 14.4. The number of nitrogens with zero attached hydrogens (tertiary/aromatic N) is 3. The lowest BCUT2D eigenvalue weighted by Gasteiger charge is -2.39. The minimum absolute atomic E-state index is 0.0338. The molecule has 48 heavy (non-hydrogen) atoms. The quantitative estimate of drug-likeness (QED) is 0.177. The van der Waals surface area contributed by atoms with Crippen LogP contribution < -0.4 is 16.2 Å². The molecule has 246 valence electrons. The van der Waals surface area contributed by atoms with Gasteiger partial charge in [0, 0.05) is 46.2 Å². The van der Waals surface area contributed by atoms with Crippen LogP contribution in [0, 0.1) is 12.8 Å². The summed E-state index contributed by atoms with van der Waals surface area (Å²) in [5.41, 5.74) is 5.58. The highest BCUT2D eigenvalue weighted by Crippen LogP contribution is 2.41. The van der Waals surface area contributed by atoms with Crippen LogP contribution in [0.4, 0.5) is 16.3 Å². The van der Waals surface area contributed by atoms with Crippen molar-refractivity contribution in [2.75, 3.05) is 10.6 Å². The monoisotopic (exact) mass is 642 g/mol. The standard InChI is InChI=1S/C39H42N6O3/c1-24-9-15-28(16-10-24)45-35(23-34(43-45)39(2,3)4)42-38(48)40-27-13-11-25(12-14-27)19-26-20-29-17-18-30(21-26)44(29)37(47)32-22-36(46)41-33-8-6-5-7-31(32)33/h5-16,22-23,26,29-30H,17-21H2,1-4H3,(H,41,46)(H2,40,42,48). The molecule has 3 amide bonds. The molecule has 9 nitrogen and oxygen atoms in total. The van der Waals surface area contributed by atoms with Crippen molar-refractivity contribution in [3.05, 3.63) is 118 Å². The van der Waals surface area contributed by atoms with Crippen molar-refractivity contribution in [3.8, 4) is 5.69 Å². The summed E-state index contributed by atoms with van der Waals surface area (Å²) in [5.74, 6) is 1.03. The van der Waals surface area contributed by atoms with Crippen molar-refractivity contribution in [1.29, 1.82) is 0 Å². The second kappa shape index (κ2) is 12.4. The van der Waals surface area contributed by atoms with Crippen molar-refractivity contribution >= 4 is 34.3 Å². The van der Waals surface area contributed by atoms with E-state index in [0.717, 1.165) is 54.4 Å². The van der Waals surface area contributed by atoms with Crippen LogP contribution in [0.25, 0.3) is 16.6 Å². The predicted octanol–water partition coefficient (Wildman–Crippen LogP) is 7.59. The van der Waals surface area contributed by atoms with E-state index in [4.69, 9.17) is 5.10 Å². The van der Waals surface area contributed by atoms with Crippen LogP contribution in [0.5, 0.6) is 0 Å². The first-order valence-electron chi connectivity index (χ1n) is 16.8. The number of nitrogens with one attached hydrogen (secondary N) is 3. The number of pyridine rings is 1. The SMILES string of the molecule is Cc1ccc(-n2nc(C(C)(C)C)cc2NC(=O)Nc2ccc(CC3CC4CCC(C3)N4C(=O)c3cc(=O)[nH]c4ccccc34)cc2)cc1. The summed E-state index contributed by atoms with van der Waals surface area (Å²) in [5, 5.41) is 11.6. The summed E-state index contributed by atoms with van der Waals surface area (Å²) in [6, 6.07) is 27.0. The van der Waals surface area contributed by atoms with Gasteiger partial charge in [0.15, 0.2) is 0 Å². The topological polar surface area (TPSA) is 112 Å². The van der Waals surface area contributed by atoms with Gasteiger partial charge in [0.2, 0.25) is 5.56 Å². The van der Waals surface area contributed by atoms with Gasteiger partial charge in [-0.2, -0.15) is 5.10 Å². The fourth-order valence-corrected chi connectivity index (χ4v) is 7.36. The van der Waals surface area contributed by atoms with Gasteiger partial charge in [0.1, 0.15) is 5.82 Å². The third-order valence-electron chi connectivity index (χ3n) is 9.78. The number of carbonyl (C=O) groups is 2. The highest BCUT2D eigenvalue weighted by Gasteiger charge is 2.43. The van der Waals surface area contributed by atoms with Gasteiger partial charge in [-0.05, 0) is 80.8 Å². The van der Waals surface area contributed by atoms with Gasteiger partial charge in [-0.3, -0.25) is 14.9 Å². The molecule has 2 aliphatic rings. The maximum atomic E-state index is 13.8. The number of amides is 3. The zero-order chi connectivity index (χ0) is 33.6. The Hall–Kier alpha value is -5.18. The summed E-state index contributed by atoms with van der Waals surface area (Å²) in [6.45, 7) is 8.34. The van der Waals surface area contributed by atoms with Crippen molar-refractivity contribution in [2.24, 2.45) is 5.92 Å². The van der Waals surface area contributed by atoms with Gasteiger partial charge in [-0.25, -0.2) is 9.48 Å². The number of carbonyl (C=O) groups excluding carboxylic acids is 2. The third-order valence-corrected chi connectivity index (χ3v) is 9.78. The van der Waals surface area contributed by atoms with Gasteiger partial charge >= 0.3 is 6.03 Å². The van der Waals surface area contributed by atoms with E-state index in [-0.39, 0.29) is 35.0 Å². The second-order valence-corrected chi connectivity index (χ2v) is 14.4. The zero-order valence-electron chi connectivity index (χ0n) is 27.9. The minimum atomic E-state index is -0.335. The molecule has 0 spiro atoms. The van der Waals surface area contributed by atoms with Gasteiger partial charge < -0.3 is 15.2 Å². The Bertz CT molecular complexity index is 2020. The molecule has 2 bridgehead atoms. The number of hydrogen-bond donors (Lipinski definition) is 3. The molecule has 0 saturated carbocycles. The smallest absolute Gasteiger partial charge is 0.324 e. The molecule has 3 N–H and O–H groups in total. The number of para-hydroxylation sites is 1. The maximum absolute atomic E-state index is 13.8. The van der Waals surface area contributed by atoms with E-state index in [1.807, 2.05) is 73.7 Å². The van der Waals surface area contributed by atoms with Crippen LogP contribution in [0.15, 0.2) is 89.7 Å². The Morgan fingerprint density at radius 2 is 1.58 bits per heavy atom. The van der Waals surface area contributed by atoms with E-state index in [1.165, 1.54) is 11.6 Å². The number of anilines is 2. The summed E-state index contributed by atoms with van der Waals surface area (Å²) in [6.07, 6.45) is 4.78. The Labute approximate surface area is 280 Å². The number of aromatic amines is 1. The Balaban J connectivity index is 0.988. The number of hydrogen-bond acceptors (Lipinski definition) is 4. The number of aromatic nitrogens is 3. The normalized spacial score (nSPS) is 19.0. The van der Waals surface area contributed by atoms with E-state index < -0.39 is 0 Å². The average molecular weight is 643 g/mol. The van der Waals surface area contributed by atoms with Crippen LogP contribution in [0.2, 0.25) is 0 Å². The third kappa shape index (κ3) is 6.37. The van der Waals surface area contributed by atoms with Crippen LogP contribution in [0.3, 0.4) is 0 Å². The molecule has 0 radical (unpaired) electrons. The van der Waals surface area contributed by atoms with Gasteiger partial charge in [-0.15, -0.1) is 0 Å². The fraction of sp³-hybridized carbons (Fsp3) is 0.333. The van der Waals surface area contributed by atoms with E-state index in [9.17, 15) is 14.4 Å². The van der Waals surface area contributed by atoms with Crippen LogP contribution in [-0.4, -0.2) is 43.7 Å². The van der Waals surface area contributed by atoms with E-state index in [0.29, 0.717) is 28.5 Å². The van der Waals surface area contributed by atoms with E-state index in [1.54, 1.807) is 4.68 Å². The molecule has 5 aromatic rings. The first kappa shape index (κ1) is 31.4. The van der Waals surface area contributed by atoms with Crippen molar-refractivity contribution in [3.63, 3.8) is 0 Å². The average Bonchev–Trinajstić information content (AvgIpc) is 3.59. The largest absolute Gasteiger partial charge is 0.333 e. The number of piperidine rings is 1. The van der Waals surface area contributed by atoms with Gasteiger partial charge in [0.05, 0.1) is 16.9 Å². The number of fused-ring (bicyclic) bond motifs is 3. The molecule has 7 rings (SSSR count). The number of urea groups is 1. The van der Waals surface area contributed by atoms with Gasteiger partial charge in [-0.1, -0.05) is 68.8 Å². The molecule has 3 aromatic carbocycles. The summed E-state index contributed by atoms with van der Waals surface area (Å²) >= 11 is 0. The molecule has 2 aliphatic heterocycles. The molecule has 2 atom stereocenters. The number of rotatable bonds is 6. The van der Waals surface area contributed by atoms with Crippen LogP contribution in [-0.2, 0) is 11.8 Å². The summed E-state index contributed by atoms with van der Waals surface area (Å²) in [7, 11) is 0. The highest BCUT2D eigenvalue weighted by atomic mass is 16.2. The molecule has 2 saturated heterocycles. The van der Waals surface area contributed by atoms with Gasteiger partial charge in [0.25, 0.3) is 5.91 Å². The number of benzene rings is 3. The van der Waals surface area contributed by atoms with Crippen LogP contribution >= 0.6 is 0 Å². The molecular weight excluding hydrogens is 600 g/mol. The first-order chi connectivity index (χ1) is 23.0. The highest BCUT2D eigenvalue weighted by molar-refractivity contribution is 6.06. The Morgan fingerprint density at radius 1 is 0.896 bits per heavy atom. The van der Waals surface area contributed by atoms with E-state index >= 15 is 0 Å². The zero-order valence-corrected chi connectivity index (χ0v) is 27.9.